The lowest BCUT2D eigenvalue weighted by Crippen LogP contribution is -2.13. The Labute approximate surface area is 129 Å². The van der Waals surface area contributed by atoms with Crippen molar-refractivity contribution < 1.29 is 19.8 Å². The highest BCUT2D eigenvalue weighted by atomic mass is 35.5. The lowest BCUT2D eigenvalue weighted by Gasteiger charge is -2.09. The minimum atomic E-state index is -1.15. The van der Waals surface area contributed by atoms with Gasteiger partial charge < -0.3 is 15.5 Å². The van der Waals surface area contributed by atoms with Crippen LogP contribution in [0.4, 0.5) is 5.69 Å². The van der Waals surface area contributed by atoms with Crippen molar-refractivity contribution >= 4 is 40.8 Å². The zero-order chi connectivity index (χ0) is 15.6. The van der Waals surface area contributed by atoms with Gasteiger partial charge in [-0.15, -0.1) is 0 Å². The van der Waals surface area contributed by atoms with Gasteiger partial charge in [0.15, 0.2) is 0 Å². The number of amides is 1. The smallest absolute Gasteiger partial charge is 0.335 e. The summed E-state index contributed by atoms with van der Waals surface area (Å²) in [5, 5.41) is 21.5. The minimum Gasteiger partial charge on any atom is -0.507 e. The fourth-order valence-electron chi connectivity index (χ4n) is 1.63. The zero-order valence-corrected chi connectivity index (χ0v) is 11.9. The van der Waals surface area contributed by atoms with Crippen LogP contribution in [-0.2, 0) is 0 Å². The van der Waals surface area contributed by atoms with Gasteiger partial charge in [-0.2, -0.15) is 0 Å². The quantitative estimate of drug-likeness (QED) is 0.803. The molecule has 0 bridgehead atoms. The van der Waals surface area contributed by atoms with Crippen molar-refractivity contribution in [2.24, 2.45) is 0 Å². The molecule has 0 unspecified atom stereocenters. The molecule has 0 spiro atoms. The number of aromatic hydroxyl groups is 1. The number of carboxylic acid groups (broad SMARTS) is 1. The summed E-state index contributed by atoms with van der Waals surface area (Å²) in [6.45, 7) is 0. The Bertz CT molecular complexity index is 731. The molecule has 0 aliphatic rings. The van der Waals surface area contributed by atoms with Gasteiger partial charge in [0, 0.05) is 5.02 Å². The fraction of sp³-hybridized carbons (Fsp3) is 0. The van der Waals surface area contributed by atoms with Crippen molar-refractivity contribution in [3.63, 3.8) is 0 Å². The number of benzene rings is 2. The second kappa shape index (κ2) is 6.03. The van der Waals surface area contributed by atoms with Crippen molar-refractivity contribution in [3.05, 3.63) is 57.6 Å². The van der Waals surface area contributed by atoms with Gasteiger partial charge in [0.1, 0.15) is 5.75 Å². The van der Waals surface area contributed by atoms with E-state index < -0.39 is 11.9 Å². The second-order valence-electron chi connectivity index (χ2n) is 4.12. The van der Waals surface area contributed by atoms with E-state index in [0.717, 1.165) is 0 Å². The van der Waals surface area contributed by atoms with Crippen molar-refractivity contribution in [2.45, 2.75) is 0 Å². The van der Waals surface area contributed by atoms with Gasteiger partial charge in [0.05, 0.1) is 21.8 Å². The summed E-state index contributed by atoms with van der Waals surface area (Å²) in [7, 11) is 0. The summed E-state index contributed by atoms with van der Waals surface area (Å²) in [5.74, 6) is -2.05. The van der Waals surface area contributed by atoms with Crippen molar-refractivity contribution in [2.75, 3.05) is 5.32 Å². The van der Waals surface area contributed by atoms with Gasteiger partial charge in [-0.05, 0) is 36.4 Å². The Morgan fingerprint density at radius 1 is 1.05 bits per heavy atom. The summed E-state index contributed by atoms with van der Waals surface area (Å²) in [6.07, 6.45) is 0. The van der Waals surface area contributed by atoms with Crippen LogP contribution in [-0.4, -0.2) is 22.1 Å². The molecule has 7 heteroatoms. The Hall–Kier alpha value is -2.24. The number of anilines is 1. The lowest BCUT2D eigenvalue weighted by molar-refractivity contribution is 0.0696. The molecule has 0 saturated heterocycles. The predicted octanol–water partition coefficient (Wildman–Crippen LogP) is 3.65. The summed E-state index contributed by atoms with van der Waals surface area (Å²) < 4.78 is 0. The summed E-state index contributed by atoms with van der Waals surface area (Å²) in [6, 6.07) is 7.92. The van der Waals surface area contributed by atoms with Crippen LogP contribution in [0.15, 0.2) is 36.4 Å². The number of aromatic carboxylic acids is 1. The summed E-state index contributed by atoms with van der Waals surface area (Å²) in [4.78, 5) is 23.0. The van der Waals surface area contributed by atoms with Crippen LogP contribution in [0.5, 0.6) is 5.75 Å². The Morgan fingerprint density at radius 2 is 1.76 bits per heavy atom. The average molecular weight is 326 g/mol. The molecule has 0 saturated carbocycles. The van der Waals surface area contributed by atoms with Crippen LogP contribution >= 0.6 is 23.2 Å². The van der Waals surface area contributed by atoms with E-state index >= 15 is 0 Å². The van der Waals surface area contributed by atoms with E-state index in [4.69, 9.17) is 28.3 Å². The molecule has 0 aromatic heterocycles. The van der Waals surface area contributed by atoms with Crippen molar-refractivity contribution in [1.29, 1.82) is 0 Å². The van der Waals surface area contributed by atoms with E-state index in [1.165, 1.54) is 36.4 Å². The van der Waals surface area contributed by atoms with Crippen LogP contribution in [0.25, 0.3) is 0 Å². The number of phenolic OH excluding ortho intramolecular Hbond substituents is 1. The molecule has 2 aromatic rings. The molecule has 0 heterocycles. The third kappa shape index (κ3) is 3.45. The Morgan fingerprint density at radius 3 is 2.43 bits per heavy atom. The molecule has 2 aromatic carbocycles. The molecule has 0 aliphatic heterocycles. The fourth-order valence-corrected chi connectivity index (χ4v) is 1.97. The van der Waals surface area contributed by atoms with E-state index in [1.54, 1.807) is 0 Å². The molecule has 3 N–H and O–H groups in total. The number of hydrogen-bond donors (Lipinski definition) is 3. The molecule has 0 aliphatic carbocycles. The third-order valence-corrected chi connectivity index (χ3v) is 3.23. The molecule has 0 atom stereocenters. The molecule has 108 valence electrons. The maximum atomic E-state index is 12.1. The first-order valence-corrected chi connectivity index (χ1v) is 6.47. The normalized spacial score (nSPS) is 10.2. The molecule has 1 amide bonds. The first kappa shape index (κ1) is 15.2. The highest BCUT2D eigenvalue weighted by molar-refractivity contribution is 6.34. The maximum absolute atomic E-state index is 12.1. The minimum absolute atomic E-state index is 0.0231. The van der Waals surface area contributed by atoms with Crippen LogP contribution in [0.2, 0.25) is 10.0 Å². The molecular formula is C14H9Cl2NO4. The second-order valence-corrected chi connectivity index (χ2v) is 4.96. The predicted molar refractivity (Wildman–Crippen MR) is 79.5 cm³/mol. The van der Waals surface area contributed by atoms with E-state index in [0.29, 0.717) is 0 Å². The van der Waals surface area contributed by atoms with Gasteiger partial charge in [-0.3, -0.25) is 4.79 Å². The van der Waals surface area contributed by atoms with Gasteiger partial charge in [0.25, 0.3) is 5.91 Å². The number of phenols is 1. The Kier molecular flexibility index (Phi) is 4.35. The van der Waals surface area contributed by atoms with E-state index in [-0.39, 0.29) is 32.6 Å². The van der Waals surface area contributed by atoms with Crippen LogP contribution in [0.3, 0.4) is 0 Å². The lowest BCUT2D eigenvalue weighted by atomic mass is 10.1. The molecule has 5 nitrogen and oxygen atoms in total. The van der Waals surface area contributed by atoms with Crippen molar-refractivity contribution in [3.8, 4) is 5.75 Å². The number of carboxylic acids is 1. The van der Waals surface area contributed by atoms with Gasteiger partial charge >= 0.3 is 5.97 Å². The molecule has 0 radical (unpaired) electrons. The van der Waals surface area contributed by atoms with Crippen LogP contribution in [0.1, 0.15) is 20.7 Å². The highest BCUT2D eigenvalue weighted by Gasteiger charge is 2.15. The van der Waals surface area contributed by atoms with Crippen LogP contribution in [0, 0.1) is 0 Å². The molecule has 21 heavy (non-hydrogen) atoms. The highest BCUT2D eigenvalue weighted by Crippen LogP contribution is 2.26. The molecule has 0 fully saturated rings. The number of carbonyl (C=O) groups is 2. The number of carbonyl (C=O) groups excluding carboxylic acids is 1. The van der Waals surface area contributed by atoms with E-state index in [9.17, 15) is 14.7 Å². The number of rotatable bonds is 3. The Balaban J connectivity index is 2.33. The third-order valence-electron chi connectivity index (χ3n) is 2.66. The van der Waals surface area contributed by atoms with Gasteiger partial charge in [-0.25, -0.2) is 4.79 Å². The molecular weight excluding hydrogens is 317 g/mol. The monoisotopic (exact) mass is 325 g/mol. The summed E-state index contributed by atoms with van der Waals surface area (Å²) in [5.41, 5.74) is 0.0604. The maximum Gasteiger partial charge on any atom is 0.335 e. The largest absolute Gasteiger partial charge is 0.507 e. The van der Waals surface area contributed by atoms with Crippen molar-refractivity contribution in [1.82, 2.24) is 0 Å². The first-order chi connectivity index (χ1) is 9.88. The molecule has 2 rings (SSSR count). The van der Waals surface area contributed by atoms with E-state index in [1.807, 2.05) is 0 Å². The zero-order valence-electron chi connectivity index (χ0n) is 10.4. The van der Waals surface area contributed by atoms with Crippen LogP contribution < -0.4 is 5.32 Å². The first-order valence-electron chi connectivity index (χ1n) is 5.71. The average Bonchev–Trinajstić information content (AvgIpc) is 2.43. The summed E-state index contributed by atoms with van der Waals surface area (Å²) >= 11 is 11.7. The SMILES string of the molecule is O=C(O)c1ccc(Cl)c(NC(=O)c2cc(Cl)ccc2O)c1. The van der Waals surface area contributed by atoms with E-state index in [2.05, 4.69) is 5.32 Å². The standard InChI is InChI=1S/C14H9Cl2NO4/c15-8-2-4-12(18)9(6-8)13(19)17-11-5-7(14(20)21)1-3-10(11)16/h1-6,18H,(H,17,19)(H,20,21). The number of halogens is 2. The van der Waals surface area contributed by atoms with Gasteiger partial charge in [0.2, 0.25) is 0 Å². The number of hydrogen-bond acceptors (Lipinski definition) is 3. The van der Waals surface area contributed by atoms with Gasteiger partial charge in [-0.1, -0.05) is 23.2 Å². The topological polar surface area (TPSA) is 86.6 Å². The number of nitrogens with one attached hydrogen (secondary N) is 1.